The van der Waals surface area contributed by atoms with Gasteiger partial charge < -0.3 is 30.2 Å². The van der Waals surface area contributed by atoms with Crippen molar-refractivity contribution in [3.63, 3.8) is 0 Å². The number of benzene rings is 1. The number of hydrogen-bond donors (Lipinski definition) is 3. The molecule has 0 saturated heterocycles. The third kappa shape index (κ3) is 6.33. The number of aromatic nitrogens is 1. The lowest BCUT2D eigenvalue weighted by atomic mass is 9.95. The number of hydrogen-bond acceptors (Lipinski definition) is 8. The van der Waals surface area contributed by atoms with Crippen LogP contribution in [0.1, 0.15) is 36.2 Å². The Morgan fingerprint density at radius 2 is 1.82 bits per heavy atom. The van der Waals surface area contributed by atoms with Crippen LogP contribution >= 0.6 is 0 Å². The summed E-state index contributed by atoms with van der Waals surface area (Å²) in [4.78, 5) is 42.2. The van der Waals surface area contributed by atoms with Gasteiger partial charge in [-0.3, -0.25) is 19.4 Å². The maximum absolute atomic E-state index is 13.3. The molecule has 0 radical (unpaired) electrons. The van der Waals surface area contributed by atoms with Gasteiger partial charge in [-0.2, -0.15) is 0 Å². The first kappa shape index (κ1) is 28.4. The second-order valence-electron chi connectivity index (χ2n) is 9.37. The number of fused-ring (bicyclic) bond motifs is 3. The molecule has 0 bridgehead atoms. The Morgan fingerprint density at radius 1 is 1.02 bits per heavy atom. The Hall–Kier alpha value is -4.60. The first-order chi connectivity index (χ1) is 19.4. The van der Waals surface area contributed by atoms with E-state index in [9.17, 15) is 14.4 Å². The van der Waals surface area contributed by atoms with Crippen molar-refractivity contribution in [1.82, 2.24) is 15.6 Å². The van der Waals surface area contributed by atoms with Gasteiger partial charge >= 0.3 is 0 Å². The number of carbonyl (C=O) groups excluding carboxylic acids is 2. The van der Waals surface area contributed by atoms with E-state index in [1.165, 1.54) is 20.1 Å². The highest BCUT2D eigenvalue weighted by molar-refractivity contribution is 5.84. The minimum Gasteiger partial charge on any atom is -0.493 e. The van der Waals surface area contributed by atoms with Crippen molar-refractivity contribution in [3.05, 3.63) is 75.7 Å². The molecule has 2 aromatic carbocycles. The van der Waals surface area contributed by atoms with Crippen LogP contribution in [0.25, 0.3) is 11.1 Å². The van der Waals surface area contributed by atoms with Gasteiger partial charge in [0.25, 0.3) is 0 Å². The molecule has 0 fully saturated rings. The van der Waals surface area contributed by atoms with Crippen LogP contribution in [0.4, 0.5) is 5.69 Å². The van der Waals surface area contributed by atoms with Gasteiger partial charge in [-0.1, -0.05) is 12.1 Å². The lowest BCUT2D eigenvalue weighted by Gasteiger charge is -2.19. The number of ether oxygens (including phenoxy) is 3. The second kappa shape index (κ2) is 13.0. The van der Waals surface area contributed by atoms with Gasteiger partial charge in [0.15, 0.2) is 11.5 Å². The minimum absolute atomic E-state index is 0.0772. The normalized spacial score (nSPS) is 13.7. The van der Waals surface area contributed by atoms with Gasteiger partial charge in [0.2, 0.25) is 23.0 Å². The molecule has 4 rings (SSSR count). The molecule has 0 aliphatic heterocycles. The Morgan fingerprint density at radius 3 is 2.50 bits per heavy atom. The number of rotatable bonds is 10. The average Bonchev–Trinajstić information content (AvgIpc) is 3.19. The number of methoxy groups -OCH3 is 3. The number of carbonyl (C=O) groups is 2. The van der Waals surface area contributed by atoms with E-state index in [0.29, 0.717) is 54.2 Å². The summed E-state index contributed by atoms with van der Waals surface area (Å²) >= 11 is 0. The second-order valence-corrected chi connectivity index (χ2v) is 9.37. The summed E-state index contributed by atoms with van der Waals surface area (Å²) in [5.41, 5.74) is 3.90. The van der Waals surface area contributed by atoms with Crippen molar-refractivity contribution in [3.8, 4) is 28.4 Å². The van der Waals surface area contributed by atoms with Crippen LogP contribution in [0.3, 0.4) is 0 Å². The molecule has 40 heavy (non-hydrogen) atoms. The number of aryl methyl sites for hydroxylation is 1. The summed E-state index contributed by atoms with van der Waals surface area (Å²) in [6.45, 7) is 1.80. The van der Waals surface area contributed by atoms with Crippen LogP contribution in [0, 0.1) is 0 Å². The number of anilines is 1. The van der Waals surface area contributed by atoms with Crippen molar-refractivity contribution in [2.75, 3.05) is 39.7 Å². The molecular weight excluding hydrogens is 512 g/mol. The molecule has 3 N–H and O–H groups in total. The molecule has 1 aliphatic rings. The van der Waals surface area contributed by atoms with Crippen LogP contribution in [0.5, 0.6) is 17.2 Å². The Balaban J connectivity index is 1.67. The molecule has 210 valence electrons. The maximum atomic E-state index is 13.3. The lowest BCUT2D eigenvalue weighted by Crippen LogP contribution is -2.32. The van der Waals surface area contributed by atoms with E-state index in [2.05, 4.69) is 20.9 Å². The fraction of sp³-hybridized carbons (Fsp3) is 0.333. The molecule has 0 spiro atoms. The van der Waals surface area contributed by atoms with Crippen molar-refractivity contribution in [2.45, 2.75) is 32.2 Å². The van der Waals surface area contributed by atoms with Gasteiger partial charge in [-0.25, -0.2) is 0 Å². The van der Waals surface area contributed by atoms with E-state index >= 15 is 0 Å². The summed E-state index contributed by atoms with van der Waals surface area (Å²) in [5, 5.41) is 8.79. The standard InChI is InChI=1S/C30H34N4O6/c1-18(35)34-23-10-8-19-15-26(38-2)29(39-3)30(40-4)28(19)21-9-11-24(25(36)16-22(21)23)33-17-27(37)32-14-12-20-7-5-6-13-31-20/h5-7,9,11,13,15-16,23H,8,10,12,14,17H2,1-4H3,(H,32,37)(H,33,36)(H,34,35)/t23-/m0/s1. The molecule has 0 saturated carbocycles. The quantitative estimate of drug-likeness (QED) is 0.354. The highest BCUT2D eigenvalue weighted by Gasteiger charge is 2.29. The van der Waals surface area contributed by atoms with Crippen LogP contribution in [-0.2, 0) is 22.4 Å². The van der Waals surface area contributed by atoms with Crippen molar-refractivity contribution in [2.24, 2.45) is 0 Å². The van der Waals surface area contributed by atoms with Gasteiger partial charge in [0.05, 0.1) is 39.6 Å². The Kier molecular flexibility index (Phi) is 9.21. The van der Waals surface area contributed by atoms with E-state index in [1.807, 2.05) is 30.3 Å². The van der Waals surface area contributed by atoms with Gasteiger partial charge in [0, 0.05) is 37.3 Å². The Labute approximate surface area is 233 Å². The van der Waals surface area contributed by atoms with E-state index < -0.39 is 6.04 Å². The summed E-state index contributed by atoms with van der Waals surface area (Å²) in [6.07, 6.45) is 3.48. The van der Waals surface area contributed by atoms with Gasteiger partial charge in [-0.15, -0.1) is 0 Å². The lowest BCUT2D eigenvalue weighted by molar-refractivity contribution is -0.120. The monoisotopic (exact) mass is 546 g/mol. The smallest absolute Gasteiger partial charge is 0.239 e. The molecule has 1 aromatic heterocycles. The zero-order valence-corrected chi connectivity index (χ0v) is 23.1. The average molecular weight is 547 g/mol. The molecule has 2 amide bonds. The zero-order valence-electron chi connectivity index (χ0n) is 23.1. The van der Waals surface area contributed by atoms with Crippen LogP contribution in [-0.4, -0.2) is 51.2 Å². The largest absolute Gasteiger partial charge is 0.493 e. The molecule has 10 heteroatoms. The molecule has 10 nitrogen and oxygen atoms in total. The van der Waals surface area contributed by atoms with E-state index in [0.717, 1.165) is 16.8 Å². The van der Waals surface area contributed by atoms with Crippen molar-refractivity contribution >= 4 is 17.5 Å². The van der Waals surface area contributed by atoms with Crippen molar-refractivity contribution in [1.29, 1.82) is 0 Å². The first-order valence-electron chi connectivity index (χ1n) is 13.0. The molecule has 1 aliphatic carbocycles. The molecule has 1 heterocycles. The van der Waals surface area contributed by atoms with Crippen LogP contribution < -0.4 is 35.6 Å². The SMILES string of the molecule is COc1cc2c(c(OC)c1OC)-c1ccc(NCC(=O)NCCc3ccccn3)c(=O)cc1[C@@H](NC(C)=O)CC2. The third-order valence-corrected chi connectivity index (χ3v) is 6.78. The summed E-state index contributed by atoms with van der Waals surface area (Å²) in [7, 11) is 4.65. The number of amides is 2. The Bertz CT molecular complexity index is 1440. The zero-order chi connectivity index (χ0) is 28.6. The summed E-state index contributed by atoms with van der Waals surface area (Å²) < 4.78 is 17.0. The molecule has 3 aromatic rings. The van der Waals surface area contributed by atoms with Crippen molar-refractivity contribution < 1.29 is 23.8 Å². The fourth-order valence-corrected chi connectivity index (χ4v) is 4.97. The van der Waals surface area contributed by atoms with Gasteiger partial charge in [0.1, 0.15) is 0 Å². The summed E-state index contributed by atoms with van der Waals surface area (Å²) in [5.74, 6) is 0.982. The number of pyridine rings is 1. The molecular formula is C30H34N4O6. The van der Waals surface area contributed by atoms with Crippen LogP contribution in [0.2, 0.25) is 0 Å². The highest BCUT2D eigenvalue weighted by atomic mass is 16.5. The van der Waals surface area contributed by atoms with Gasteiger partial charge in [-0.05, 0) is 59.9 Å². The number of nitrogens with zero attached hydrogens (tertiary/aromatic N) is 1. The molecule has 1 atom stereocenters. The fourth-order valence-electron chi connectivity index (χ4n) is 4.97. The predicted molar refractivity (Wildman–Crippen MR) is 152 cm³/mol. The third-order valence-electron chi connectivity index (χ3n) is 6.78. The van der Waals surface area contributed by atoms with Crippen LogP contribution in [0.15, 0.2) is 53.5 Å². The number of nitrogens with one attached hydrogen (secondary N) is 3. The minimum atomic E-state index is -0.413. The predicted octanol–water partition coefficient (Wildman–Crippen LogP) is 3.03. The van der Waals surface area contributed by atoms with E-state index in [1.54, 1.807) is 26.5 Å². The highest BCUT2D eigenvalue weighted by Crippen LogP contribution is 2.50. The topological polar surface area (TPSA) is 128 Å². The maximum Gasteiger partial charge on any atom is 0.239 e. The summed E-state index contributed by atoms with van der Waals surface area (Å²) in [6, 6.07) is 12.1. The van der Waals surface area contributed by atoms with E-state index in [-0.39, 0.29) is 29.5 Å². The molecule has 0 unspecified atom stereocenters. The first-order valence-corrected chi connectivity index (χ1v) is 13.0. The van der Waals surface area contributed by atoms with E-state index in [4.69, 9.17) is 14.2 Å².